The Balaban J connectivity index is 1.94. The van der Waals surface area contributed by atoms with Crippen LogP contribution in [0, 0.1) is 0 Å². The predicted octanol–water partition coefficient (Wildman–Crippen LogP) is 1.28. The van der Waals surface area contributed by atoms with Gasteiger partial charge in [0.05, 0.1) is 6.10 Å². The molecule has 0 unspecified atom stereocenters. The lowest BCUT2D eigenvalue weighted by atomic mass is 9.92. The Morgan fingerprint density at radius 3 is 2.52 bits per heavy atom. The third kappa shape index (κ3) is 4.21. The van der Waals surface area contributed by atoms with Crippen LogP contribution in [-0.4, -0.2) is 38.3 Å². The van der Waals surface area contributed by atoms with Crippen molar-refractivity contribution in [1.82, 2.24) is 0 Å². The first-order valence-corrected chi connectivity index (χ1v) is 6.71. The quantitative estimate of drug-likeness (QED) is 0.289. The van der Waals surface area contributed by atoms with Crippen molar-refractivity contribution in [1.29, 1.82) is 0 Å². The molecule has 0 atom stereocenters. The van der Waals surface area contributed by atoms with E-state index in [2.05, 4.69) is 0 Å². The number of aromatic hydroxyl groups is 2. The van der Waals surface area contributed by atoms with E-state index in [0.717, 1.165) is 6.08 Å². The maximum absolute atomic E-state index is 11.7. The third-order valence-electron chi connectivity index (χ3n) is 3.44. The monoisotopic (exact) mass is 294 g/mol. The van der Waals surface area contributed by atoms with Crippen LogP contribution in [0.1, 0.15) is 31.2 Å². The Kier molecular flexibility index (Phi) is 4.50. The van der Waals surface area contributed by atoms with Crippen molar-refractivity contribution in [2.45, 2.75) is 37.6 Å². The summed E-state index contributed by atoms with van der Waals surface area (Å²) in [7, 11) is 0. The molecule has 1 aromatic carbocycles. The Morgan fingerprint density at radius 1 is 1.24 bits per heavy atom. The largest absolute Gasteiger partial charge is 0.504 e. The van der Waals surface area contributed by atoms with E-state index in [1.165, 1.54) is 24.3 Å². The molecule has 1 aliphatic carbocycles. The first kappa shape index (κ1) is 15.3. The van der Waals surface area contributed by atoms with Gasteiger partial charge in [0, 0.05) is 18.9 Å². The average molecular weight is 294 g/mol. The molecule has 2 rings (SSSR count). The Labute approximate surface area is 121 Å². The number of hydrogen-bond acceptors (Lipinski definition) is 6. The number of aliphatic hydroxyl groups is 2. The summed E-state index contributed by atoms with van der Waals surface area (Å²) in [5, 5.41) is 37.9. The Hall–Kier alpha value is -2.05. The summed E-state index contributed by atoms with van der Waals surface area (Å²) in [6, 6.07) is 4.12. The highest BCUT2D eigenvalue weighted by molar-refractivity contribution is 5.87. The fourth-order valence-electron chi connectivity index (χ4n) is 2.19. The number of benzene rings is 1. The predicted molar refractivity (Wildman–Crippen MR) is 74.3 cm³/mol. The van der Waals surface area contributed by atoms with Gasteiger partial charge in [-0.2, -0.15) is 0 Å². The van der Waals surface area contributed by atoms with Gasteiger partial charge < -0.3 is 25.2 Å². The number of carbonyl (C=O) groups excluding carboxylic acids is 1. The van der Waals surface area contributed by atoms with Gasteiger partial charge in [0.25, 0.3) is 0 Å². The van der Waals surface area contributed by atoms with Gasteiger partial charge in [0.1, 0.15) is 0 Å². The second-order valence-corrected chi connectivity index (χ2v) is 5.18. The molecule has 0 aliphatic heterocycles. The summed E-state index contributed by atoms with van der Waals surface area (Å²) in [5.74, 6) is -2.77. The number of carbonyl (C=O) groups is 1. The molecule has 6 nitrogen and oxygen atoms in total. The van der Waals surface area contributed by atoms with Crippen LogP contribution >= 0.6 is 0 Å². The van der Waals surface area contributed by atoms with E-state index in [1.807, 2.05) is 0 Å². The Bertz CT molecular complexity index is 543. The van der Waals surface area contributed by atoms with Crippen LogP contribution < -0.4 is 0 Å². The van der Waals surface area contributed by atoms with E-state index < -0.39 is 17.9 Å². The zero-order valence-electron chi connectivity index (χ0n) is 11.4. The van der Waals surface area contributed by atoms with Gasteiger partial charge in [0.2, 0.25) is 5.79 Å². The molecule has 1 saturated carbocycles. The first-order valence-electron chi connectivity index (χ1n) is 6.71. The summed E-state index contributed by atoms with van der Waals surface area (Å²) in [5.41, 5.74) is 0.508. The summed E-state index contributed by atoms with van der Waals surface area (Å²) in [6.45, 7) is 0. The van der Waals surface area contributed by atoms with Crippen molar-refractivity contribution in [3.05, 3.63) is 29.8 Å². The second kappa shape index (κ2) is 6.15. The lowest BCUT2D eigenvalue weighted by Crippen LogP contribution is -2.39. The number of phenolic OH excluding ortho intramolecular Hbond substituents is 2. The molecule has 6 heteroatoms. The first-order chi connectivity index (χ1) is 9.88. The summed E-state index contributed by atoms with van der Waals surface area (Å²) >= 11 is 0. The molecule has 1 fully saturated rings. The minimum Gasteiger partial charge on any atom is -0.504 e. The number of aliphatic hydroxyl groups excluding tert-OH is 1. The van der Waals surface area contributed by atoms with Crippen LogP contribution in [0.2, 0.25) is 0 Å². The molecule has 0 radical (unpaired) electrons. The van der Waals surface area contributed by atoms with Crippen LogP contribution in [0.5, 0.6) is 11.5 Å². The lowest BCUT2D eigenvalue weighted by Gasteiger charge is -2.33. The van der Waals surface area contributed by atoms with Crippen molar-refractivity contribution in [2.75, 3.05) is 0 Å². The fraction of sp³-hybridized carbons (Fsp3) is 0.400. The summed E-state index contributed by atoms with van der Waals surface area (Å²) in [4.78, 5) is 11.7. The number of esters is 1. The molecule has 0 bridgehead atoms. The topological polar surface area (TPSA) is 107 Å². The zero-order valence-corrected chi connectivity index (χ0v) is 11.4. The molecule has 1 aliphatic rings. The van der Waals surface area contributed by atoms with Gasteiger partial charge in [0.15, 0.2) is 11.5 Å². The molecule has 114 valence electrons. The van der Waals surface area contributed by atoms with Crippen molar-refractivity contribution in [3.63, 3.8) is 0 Å². The van der Waals surface area contributed by atoms with Crippen LogP contribution in [0.4, 0.5) is 0 Å². The van der Waals surface area contributed by atoms with Crippen molar-refractivity contribution in [2.24, 2.45) is 0 Å². The van der Waals surface area contributed by atoms with E-state index >= 15 is 0 Å². The SMILES string of the molecule is O=C(/C=C/c1ccc(O)c(O)c1)O[C@]1(O)CC[C@H](O)CC1. The van der Waals surface area contributed by atoms with Gasteiger partial charge in [-0.05, 0) is 36.6 Å². The van der Waals surface area contributed by atoms with E-state index in [4.69, 9.17) is 4.74 Å². The highest BCUT2D eigenvalue weighted by atomic mass is 16.7. The van der Waals surface area contributed by atoms with Crippen molar-refractivity contribution in [3.8, 4) is 11.5 Å². The number of ether oxygens (including phenoxy) is 1. The van der Waals surface area contributed by atoms with Crippen LogP contribution in [0.25, 0.3) is 6.08 Å². The molecule has 4 N–H and O–H groups in total. The summed E-state index contributed by atoms with van der Waals surface area (Å²) in [6.07, 6.45) is 3.26. The number of hydrogen-bond donors (Lipinski definition) is 4. The molecule has 21 heavy (non-hydrogen) atoms. The smallest absolute Gasteiger partial charge is 0.333 e. The molecule has 1 aromatic rings. The minimum atomic E-state index is -1.53. The highest BCUT2D eigenvalue weighted by Crippen LogP contribution is 2.30. The van der Waals surface area contributed by atoms with Crippen LogP contribution in [0.3, 0.4) is 0 Å². The third-order valence-corrected chi connectivity index (χ3v) is 3.44. The maximum Gasteiger partial charge on any atom is 0.333 e. The van der Waals surface area contributed by atoms with Gasteiger partial charge in [-0.25, -0.2) is 4.79 Å². The summed E-state index contributed by atoms with van der Waals surface area (Å²) < 4.78 is 5.01. The fourth-order valence-corrected chi connectivity index (χ4v) is 2.19. The van der Waals surface area contributed by atoms with E-state index in [-0.39, 0.29) is 24.3 Å². The molecule has 0 saturated heterocycles. The van der Waals surface area contributed by atoms with E-state index in [9.17, 15) is 25.2 Å². The van der Waals surface area contributed by atoms with Gasteiger partial charge in [-0.1, -0.05) is 6.07 Å². The second-order valence-electron chi connectivity index (χ2n) is 5.18. The molecule has 0 heterocycles. The zero-order chi connectivity index (χ0) is 15.5. The van der Waals surface area contributed by atoms with E-state index in [1.54, 1.807) is 0 Å². The molecule has 0 aromatic heterocycles. The standard InChI is InChI=1S/C15H18O6/c16-11-5-7-15(20,8-6-11)21-14(19)4-2-10-1-3-12(17)13(18)9-10/h1-4,9,11,16-18,20H,5-8H2/b4-2+/t11-,15+. The normalized spacial score (nSPS) is 25.9. The minimum absolute atomic E-state index is 0.202. The average Bonchev–Trinajstić information content (AvgIpc) is 2.44. The Morgan fingerprint density at radius 2 is 1.90 bits per heavy atom. The maximum atomic E-state index is 11.7. The molecular weight excluding hydrogens is 276 g/mol. The number of rotatable bonds is 3. The molecule has 0 amide bonds. The molecule has 0 spiro atoms. The van der Waals surface area contributed by atoms with Gasteiger partial charge in [-0.3, -0.25) is 0 Å². The van der Waals surface area contributed by atoms with Gasteiger partial charge in [-0.15, -0.1) is 0 Å². The highest BCUT2D eigenvalue weighted by Gasteiger charge is 2.35. The van der Waals surface area contributed by atoms with Crippen LogP contribution in [-0.2, 0) is 9.53 Å². The molecular formula is C15H18O6. The number of phenols is 2. The van der Waals surface area contributed by atoms with Crippen LogP contribution in [0.15, 0.2) is 24.3 Å². The van der Waals surface area contributed by atoms with Crippen molar-refractivity contribution >= 4 is 12.0 Å². The lowest BCUT2D eigenvalue weighted by molar-refractivity contribution is -0.221. The van der Waals surface area contributed by atoms with Crippen molar-refractivity contribution < 1.29 is 30.0 Å². The van der Waals surface area contributed by atoms with E-state index in [0.29, 0.717) is 18.4 Å². The van der Waals surface area contributed by atoms with Gasteiger partial charge >= 0.3 is 5.97 Å².